The molecule has 0 aliphatic rings. The smallest absolute Gasteiger partial charge is 0.261 e. The van der Waals surface area contributed by atoms with Crippen molar-refractivity contribution in [1.82, 2.24) is 10.2 Å². The molecule has 0 aromatic heterocycles. The molecule has 2 amide bonds. The van der Waals surface area contributed by atoms with Gasteiger partial charge in [0.1, 0.15) is 23.3 Å². The SMILES string of the molecule is CCNC(=O)[C@@H](Cc1ccccc1)N(Cc1ccc(Cl)c(Cl)c1)C(=O)COc1cc(OC)cc(OC)c1. The van der Waals surface area contributed by atoms with Crippen LogP contribution in [0.5, 0.6) is 17.2 Å². The number of benzene rings is 3. The van der Waals surface area contributed by atoms with Gasteiger partial charge in [-0.25, -0.2) is 0 Å². The Bertz CT molecular complexity index is 1180. The second-order valence-corrected chi connectivity index (χ2v) is 9.02. The molecule has 0 fully saturated rings. The minimum Gasteiger partial charge on any atom is -0.496 e. The molecular weight excluding hydrogens is 515 g/mol. The number of rotatable bonds is 12. The molecule has 0 saturated carbocycles. The first-order valence-corrected chi connectivity index (χ1v) is 12.5. The third-order valence-electron chi connectivity index (χ3n) is 5.65. The molecular formula is C28H30Cl2N2O5. The summed E-state index contributed by atoms with van der Waals surface area (Å²) >= 11 is 12.3. The summed E-state index contributed by atoms with van der Waals surface area (Å²) < 4.78 is 16.4. The Hall–Kier alpha value is -3.42. The van der Waals surface area contributed by atoms with Crippen molar-refractivity contribution in [2.75, 3.05) is 27.4 Å². The molecule has 1 N–H and O–H groups in total. The van der Waals surface area contributed by atoms with E-state index in [0.717, 1.165) is 11.1 Å². The molecule has 3 aromatic carbocycles. The monoisotopic (exact) mass is 544 g/mol. The maximum Gasteiger partial charge on any atom is 0.261 e. The van der Waals surface area contributed by atoms with Crippen LogP contribution in [0.1, 0.15) is 18.1 Å². The van der Waals surface area contributed by atoms with Crippen LogP contribution < -0.4 is 19.5 Å². The fourth-order valence-electron chi connectivity index (χ4n) is 3.77. The van der Waals surface area contributed by atoms with Gasteiger partial charge in [-0.2, -0.15) is 0 Å². The van der Waals surface area contributed by atoms with Gasteiger partial charge >= 0.3 is 0 Å². The van der Waals surface area contributed by atoms with Gasteiger partial charge in [0, 0.05) is 37.7 Å². The Morgan fingerprint density at radius 1 is 0.865 bits per heavy atom. The van der Waals surface area contributed by atoms with Crippen LogP contribution in [0.4, 0.5) is 0 Å². The van der Waals surface area contributed by atoms with Crippen LogP contribution in [0.25, 0.3) is 0 Å². The number of amides is 2. The number of carbonyl (C=O) groups excluding carboxylic acids is 2. The van der Waals surface area contributed by atoms with E-state index in [-0.39, 0.29) is 25.0 Å². The van der Waals surface area contributed by atoms with Crippen molar-refractivity contribution in [2.45, 2.75) is 25.9 Å². The number of likely N-dealkylation sites (N-methyl/N-ethyl adjacent to an activating group) is 1. The number of hydrogen-bond acceptors (Lipinski definition) is 5. The Morgan fingerprint density at radius 3 is 2.11 bits per heavy atom. The molecule has 196 valence electrons. The average molecular weight is 545 g/mol. The largest absolute Gasteiger partial charge is 0.496 e. The molecule has 0 saturated heterocycles. The number of hydrogen-bond donors (Lipinski definition) is 1. The van der Waals surface area contributed by atoms with E-state index in [1.807, 2.05) is 37.3 Å². The van der Waals surface area contributed by atoms with E-state index in [1.165, 1.54) is 19.1 Å². The van der Waals surface area contributed by atoms with Crippen molar-refractivity contribution in [3.05, 3.63) is 87.9 Å². The highest BCUT2D eigenvalue weighted by Gasteiger charge is 2.30. The minimum atomic E-state index is -0.784. The van der Waals surface area contributed by atoms with E-state index < -0.39 is 6.04 Å². The zero-order valence-electron chi connectivity index (χ0n) is 21.0. The molecule has 0 heterocycles. The summed E-state index contributed by atoms with van der Waals surface area (Å²) in [5.41, 5.74) is 1.65. The lowest BCUT2D eigenvalue weighted by Crippen LogP contribution is -2.51. The molecule has 0 radical (unpaired) electrons. The normalized spacial score (nSPS) is 11.4. The highest BCUT2D eigenvalue weighted by Crippen LogP contribution is 2.28. The zero-order valence-corrected chi connectivity index (χ0v) is 22.5. The molecule has 9 heteroatoms. The Balaban J connectivity index is 1.92. The molecule has 1 atom stereocenters. The van der Waals surface area contributed by atoms with Gasteiger partial charge in [-0.1, -0.05) is 59.6 Å². The molecule has 0 aliphatic carbocycles. The van der Waals surface area contributed by atoms with Gasteiger partial charge in [0.25, 0.3) is 5.91 Å². The third-order valence-corrected chi connectivity index (χ3v) is 6.39. The van der Waals surface area contributed by atoms with Crippen LogP contribution in [0.3, 0.4) is 0 Å². The van der Waals surface area contributed by atoms with Crippen molar-refractivity contribution < 1.29 is 23.8 Å². The van der Waals surface area contributed by atoms with Crippen molar-refractivity contribution in [3.63, 3.8) is 0 Å². The summed E-state index contributed by atoms with van der Waals surface area (Å²) in [6.07, 6.45) is 0.326. The summed E-state index contributed by atoms with van der Waals surface area (Å²) in [5, 5.41) is 3.63. The standard InChI is InChI=1S/C28H30Cl2N2O5/c1-4-31-28(34)26(13-19-8-6-5-7-9-19)32(17-20-10-11-24(29)25(30)12-20)27(33)18-37-23-15-21(35-2)14-22(16-23)36-3/h5-12,14-16,26H,4,13,17-18H2,1-3H3,(H,31,34)/t26-/m1/s1. The Labute approximate surface area is 227 Å². The van der Waals surface area contributed by atoms with Crippen molar-refractivity contribution in [3.8, 4) is 17.2 Å². The summed E-state index contributed by atoms with van der Waals surface area (Å²) in [5.74, 6) is 0.817. The van der Waals surface area contributed by atoms with Gasteiger partial charge in [0.05, 0.1) is 24.3 Å². The number of ether oxygens (including phenoxy) is 3. The van der Waals surface area contributed by atoms with Crippen molar-refractivity contribution in [2.24, 2.45) is 0 Å². The van der Waals surface area contributed by atoms with Gasteiger partial charge in [0.2, 0.25) is 5.91 Å². The molecule has 3 rings (SSSR count). The van der Waals surface area contributed by atoms with Crippen molar-refractivity contribution >= 4 is 35.0 Å². The van der Waals surface area contributed by atoms with E-state index in [1.54, 1.807) is 36.4 Å². The van der Waals surface area contributed by atoms with E-state index in [4.69, 9.17) is 37.4 Å². The predicted octanol–water partition coefficient (Wildman–Crippen LogP) is 5.17. The molecule has 7 nitrogen and oxygen atoms in total. The van der Waals surface area contributed by atoms with Crippen molar-refractivity contribution in [1.29, 1.82) is 0 Å². The number of nitrogens with one attached hydrogen (secondary N) is 1. The quantitative estimate of drug-likeness (QED) is 0.340. The predicted molar refractivity (Wildman–Crippen MR) is 145 cm³/mol. The summed E-state index contributed by atoms with van der Waals surface area (Å²) in [6, 6.07) is 18.9. The third kappa shape index (κ3) is 8.03. The molecule has 0 aliphatic heterocycles. The van der Waals surface area contributed by atoms with Gasteiger partial charge in [-0.3, -0.25) is 9.59 Å². The molecule has 0 bridgehead atoms. The molecule has 37 heavy (non-hydrogen) atoms. The summed E-state index contributed by atoms with van der Waals surface area (Å²) in [4.78, 5) is 28.4. The fourth-order valence-corrected chi connectivity index (χ4v) is 4.09. The van der Waals surface area contributed by atoms with Gasteiger partial charge in [0.15, 0.2) is 6.61 Å². The van der Waals surface area contributed by atoms with Crippen LogP contribution in [0.2, 0.25) is 10.0 Å². The van der Waals surface area contributed by atoms with Gasteiger partial charge in [-0.05, 0) is 30.2 Å². The molecule has 0 spiro atoms. The molecule has 3 aromatic rings. The van der Waals surface area contributed by atoms with E-state index >= 15 is 0 Å². The summed E-state index contributed by atoms with van der Waals surface area (Å²) in [7, 11) is 3.06. The Kier molecular flexibility index (Phi) is 10.5. The van der Waals surface area contributed by atoms with Gasteiger partial charge < -0.3 is 24.4 Å². The lowest BCUT2D eigenvalue weighted by molar-refractivity contribution is -0.142. The van der Waals surface area contributed by atoms with Crippen LogP contribution in [0, 0.1) is 0 Å². The first-order chi connectivity index (χ1) is 17.8. The number of carbonyl (C=O) groups is 2. The lowest BCUT2D eigenvalue weighted by Gasteiger charge is -2.31. The fraction of sp³-hybridized carbons (Fsp3) is 0.286. The van der Waals surface area contributed by atoms with Crippen LogP contribution >= 0.6 is 23.2 Å². The maximum absolute atomic E-state index is 13.6. The maximum atomic E-state index is 13.6. The zero-order chi connectivity index (χ0) is 26.8. The van der Waals surface area contributed by atoms with E-state index in [0.29, 0.717) is 40.3 Å². The lowest BCUT2D eigenvalue weighted by atomic mass is 10.0. The summed E-state index contributed by atoms with van der Waals surface area (Å²) in [6.45, 7) is 2.10. The topological polar surface area (TPSA) is 77.1 Å². The highest BCUT2D eigenvalue weighted by molar-refractivity contribution is 6.42. The minimum absolute atomic E-state index is 0.134. The average Bonchev–Trinajstić information content (AvgIpc) is 2.91. The molecule has 0 unspecified atom stereocenters. The Morgan fingerprint density at radius 2 is 1.51 bits per heavy atom. The van der Waals surface area contributed by atoms with E-state index in [2.05, 4.69) is 5.32 Å². The highest BCUT2D eigenvalue weighted by atomic mass is 35.5. The van der Waals surface area contributed by atoms with Gasteiger partial charge in [-0.15, -0.1) is 0 Å². The van der Waals surface area contributed by atoms with Crippen LogP contribution in [0.15, 0.2) is 66.7 Å². The first kappa shape index (κ1) is 28.2. The van der Waals surface area contributed by atoms with Crippen LogP contribution in [-0.2, 0) is 22.6 Å². The number of nitrogens with zero attached hydrogens (tertiary/aromatic N) is 1. The number of halogens is 2. The first-order valence-electron chi connectivity index (χ1n) is 11.8. The second-order valence-electron chi connectivity index (χ2n) is 8.21. The van der Waals surface area contributed by atoms with E-state index in [9.17, 15) is 9.59 Å². The second kappa shape index (κ2) is 13.8. The number of methoxy groups -OCH3 is 2. The van der Waals surface area contributed by atoms with Crippen LogP contribution in [-0.4, -0.2) is 50.1 Å².